The Kier molecular flexibility index (Phi) is 7.26. The molecule has 2 aromatic carbocycles. The van der Waals surface area contributed by atoms with Crippen molar-refractivity contribution in [2.24, 2.45) is 5.92 Å². The molecule has 0 aliphatic heterocycles. The molecule has 0 aromatic heterocycles. The van der Waals surface area contributed by atoms with Crippen LogP contribution in [0.4, 0.5) is 8.78 Å². The first kappa shape index (κ1) is 21.0. The fraction of sp³-hybridized carbons (Fsp3) is 0.538. The molecule has 1 aliphatic carbocycles. The first-order valence-corrected chi connectivity index (χ1v) is 11.0. The number of rotatable bonds is 8. The first-order chi connectivity index (χ1) is 13.4. The normalized spacial score (nSPS) is 20.3. The summed E-state index contributed by atoms with van der Waals surface area (Å²) < 4.78 is 26.3. The van der Waals surface area contributed by atoms with Crippen molar-refractivity contribution in [3.05, 3.63) is 59.7 Å². The van der Waals surface area contributed by atoms with E-state index in [0.29, 0.717) is 11.5 Å². The quantitative estimate of drug-likeness (QED) is 0.401. The fourth-order valence-corrected chi connectivity index (χ4v) is 4.59. The molecule has 0 spiro atoms. The van der Waals surface area contributed by atoms with Gasteiger partial charge in [-0.05, 0) is 66.7 Å². The van der Waals surface area contributed by atoms with E-state index in [-0.39, 0.29) is 6.42 Å². The molecule has 0 saturated heterocycles. The van der Waals surface area contributed by atoms with E-state index in [4.69, 9.17) is 0 Å². The highest BCUT2D eigenvalue weighted by Gasteiger charge is 2.22. The van der Waals surface area contributed by atoms with E-state index < -0.39 is 5.92 Å². The van der Waals surface area contributed by atoms with Crippen LogP contribution < -0.4 is 0 Å². The van der Waals surface area contributed by atoms with Gasteiger partial charge in [-0.25, -0.2) is 8.78 Å². The Morgan fingerprint density at radius 1 is 0.821 bits per heavy atom. The second kappa shape index (κ2) is 9.67. The number of unbranched alkanes of at least 4 members (excludes halogenated alkanes) is 2. The molecule has 0 unspecified atom stereocenters. The molecule has 1 aliphatic rings. The Labute approximate surface area is 169 Å². The van der Waals surface area contributed by atoms with Crippen molar-refractivity contribution < 1.29 is 8.78 Å². The second-order valence-electron chi connectivity index (χ2n) is 8.78. The van der Waals surface area contributed by atoms with Crippen LogP contribution in [0.3, 0.4) is 0 Å². The largest absolute Gasteiger partial charge is 0.249 e. The van der Waals surface area contributed by atoms with E-state index in [1.54, 1.807) is 0 Å². The zero-order valence-electron chi connectivity index (χ0n) is 17.4. The summed E-state index contributed by atoms with van der Waals surface area (Å²) in [5.74, 6) is -1.01. The summed E-state index contributed by atoms with van der Waals surface area (Å²) in [6, 6.07) is 16.5. The van der Waals surface area contributed by atoms with Crippen molar-refractivity contribution in [1.29, 1.82) is 0 Å². The van der Waals surface area contributed by atoms with Gasteiger partial charge in [0.25, 0.3) is 0 Å². The molecule has 0 radical (unpaired) electrons. The molecule has 0 amide bonds. The van der Waals surface area contributed by atoms with Gasteiger partial charge in [0.1, 0.15) is 0 Å². The Morgan fingerprint density at radius 2 is 1.39 bits per heavy atom. The molecule has 0 atom stereocenters. The molecule has 28 heavy (non-hydrogen) atoms. The van der Waals surface area contributed by atoms with Gasteiger partial charge >= 0.3 is 0 Å². The van der Waals surface area contributed by atoms with E-state index in [2.05, 4.69) is 31.2 Å². The van der Waals surface area contributed by atoms with Crippen LogP contribution in [0.25, 0.3) is 11.1 Å². The molecular formula is C26H34F2. The lowest BCUT2D eigenvalue weighted by Crippen LogP contribution is -2.13. The highest BCUT2D eigenvalue weighted by Crippen LogP contribution is 2.38. The fourth-order valence-electron chi connectivity index (χ4n) is 4.59. The third-order valence-corrected chi connectivity index (χ3v) is 6.25. The minimum atomic E-state index is -2.65. The molecule has 2 heteroatoms. The molecule has 0 nitrogen and oxygen atoms in total. The third kappa shape index (κ3) is 6.15. The van der Waals surface area contributed by atoms with Crippen molar-refractivity contribution >= 4 is 0 Å². The topological polar surface area (TPSA) is 0 Å². The summed E-state index contributed by atoms with van der Waals surface area (Å²) in [4.78, 5) is 0. The van der Waals surface area contributed by atoms with Crippen LogP contribution >= 0.6 is 0 Å². The highest BCUT2D eigenvalue weighted by atomic mass is 19.3. The van der Waals surface area contributed by atoms with Crippen LogP contribution in [0.15, 0.2) is 48.5 Å². The SMILES string of the molecule is CCCCCC1CCC(c2ccc(-c3ccc(CC(C)(F)F)cc3)cc2)CC1. The lowest BCUT2D eigenvalue weighted by Gasteiger charge is -2.29. The summed E-state index contributed by atoms with van der Waals surface area (Å²) in [5, 5.41) is 0. The minimum Gasteiger partial charge on any atom is -0.207 e. The van der Waals surface area contributed by atoms with Crippen LogP contribution in [0.5, 0.6) is 0 Å². The summed E-state index contributed by atoms with van der Waals surface area (Å²) in [7, 11) is 0. The average Bonchev–Trinajstić information content (AvgIpc) is 2.68. The van der Waals surface area contributed by atoms with Crippen LogP contribution in [0, 0.1) is 5.92 Å². The van der Waals surface area contributed by atoms with Gasteiger partial charge in [0, 0.05) is 6.42 Å². The predicted molar refractivity (Wildman–Crippen MR) is 115 cm³/mol. The smallest absolute Gasteiger partial charge is 0.207 e. The van der Waals surface area contributed by atoms with Crippen molar-refractivity contribution in [1.82, 2.24) is 0 Å². The zero-order valence-corrected chi connectivity index (χ0v) is 17.4. The zero-order chi connectivity index (χ0) is 20.0. The molecule has 1 fully saturated rings. The van der Waals surface area contributed by atoms with Gasteiger partial charge in [0.05, 0.1) is 0 Å². The molecular weight excluding hydrogens is 350 g/mol. The summed E-state index contributed by atoms with van der Waals surface area (Å²) in [5.41, 5.74) is 4.39. The first-order valence-electron chi connectivity index (χ1n) is 11.0. The number of hydrogen-bond donors (Lipinski definition) is 0. The summed E-state index contributed by atoms with van der Waals surface area (Å²) in [6.07, 6.45) is 10.7. The summed E-state index contributed by atoms with van der Waals surface area (Å²) in [6.45, 7) is 3.25. The Bertz CT molecular complexity index is 702. The van der Waals surface area contributed by atoms with Crippen molar-refractivity contribution in [3.8, 4) is 11.1 Å². The Morgan fingerprint density at radius 3 is 1.93 bits per heavy atom. The van der Waals surface area contributed by atoms with Gasteiger partial charge in [0.15, 0.2) is 0 Å². The molecule has 0 N–H and O–H groups in total. The van der Waals surface area contributed by atoms with Crippen molar-refractivity contribution in [3.63, 3.8) is 0 Å². The van der Waals surface area contributed by atoms with E-state index >= 15 is 0 Å². The van der Waals surface area contributed by atoms with Gasteiger partial charge in [-0.1, -0.05) is 81.1 Å². The van der Waals surface area contributed by atoms with Gasteiger partial charge in [0.2, 0.25) is 5.92 Å². The minimum absolute atomic E-state index is 0.201. The van der Waals surface area contributed by atoms with Gasteiger partial charge in [-0.2, -0.15) is 0 Å². The molecule has 2 aromatic rings. The van der Waals surface area contributed by atoms with Crippen LogP contribution in [-0.2, 0) is 6.42 Å². The van der Waals surface area contributed by atoms with Crippen molar-refractivity contribution in [2.45, 2.75) is 83.5 Å². The molecule has 1 saturated carbocycles. The van der Waals surface area contributed by atoms with E-state index in [0.717, 1.165) is 24.0 Å². The lowest BCUT2D eigenvalue weighted by atomic mass is 9.77. The predicted octanol–water partition coefficient (Wildman–Crippen LogP) is 8.41. The number of benzene rings is 2. The maximum absolute atomic E-state index is 13.2. The standard InChI is InChI=1S/C26H34F2/c1-3-4-5-6-20-7-11-22(12-8-20)24-15-17-25(18-16-24)23-13-9-21(10-14-23)19-26(2,27)28/h9-10,13-18,20,22H,3-8,11-12,19H2,1-2H3. The Balaban J connectivity index is 1.55. The number of halogens is 2. The van der Waals surface area contributed by atoms with Gasteiger partial charge < -0.3 is 0 Å². The number of hydrogen-bond acceptors (Lipinski definition) is 0. The maximum Gasteiger partial charge on any atom is 0.249 e. The monoisotopic (exact) mass is 384 g/mol. The van der Waals surface area contributed by atoms with E-state index in [1.807, 2.05) is 24.3 Å². The van der Waals surface area contributed by atoms with Crippen LogP contribution in [-0.4, -0.2) is 5.92 Å². The Hall–Kier alpha value is -1.70. The average molecular weight is 385 g/mol. The van der Waals surface area contributed by atoms with Gasteiger partial charge in [-0.3, -0.25) is 0 Å². The third-order valence-electron chi connectivity index (χ3n) is 6.25. The molecule has 3 rings (SSSR count). The summed E-state index contributed by atoms with van der Waals surface area (Å²) >= 11 is 0. The second-order valence-corrected chi connectivity index (χ2v) is 8.78. The van der Waals surface area contributed by atoms with Crippen LogP contribution in [0.2, 0.25) is 0 Å². The molecule has 0 heterocycles. The van der Waals surface area contributed by atoms with Crippen molar-refractivity contribution in [2.75, 3.05) is 0 Å². The number of alkyl halides is 2. The van der Waals surface area contributed by atoms with E-state index in [9.17, 15) is 8.78 Å². The lowest BCUT2D eigenvalue weighted by molar-refractivity contribution is 0.0226. The van der Waals surface area contributed by atoms with Crippen LogP contribution in [0.1, 0.15) is 82.3 Å². The molecule has 152 valence electrons. The van der Waals surface area contributed by atoms with Gasteiger partial charge in [-0.15, -0.1) is 0 Å². The van der Waals surface area contributed by atoms with E-state index in [1.165, 1.54) is 56.9 Å². The molecule has 0 bridgehead atoms. The maximum atomic E-state index is 13.2. The highest BCUT2D eigenvalue weighted by molar-refractivity contribution is 5.64.